The first-order chi connectivity index (χ1) is 9.08. The minimum Gasteiger partial charge on any atom is -0.313 e. The van der Waals surface area contributed by atoms with Crippen LogP contribution in [0.1, 0.15) is 59.8 Å². The molecule has 0 aromatic heterocycles. The summed E-state index contributed by atoms with van der Waals surface area (Å²) in [6, 6.07) is 1.52. The summed E-state index contributed by atoms with van der Waals surface area (Å²) in [5.74, 6) is 2.64. The van der Waals surface area contributed by atoms with E-state index >= 15 is 0 Å². The Bertz CT molecular complexity index is 262. The summed E-state index contributed by atoms with van der Waals surface area (Å²) >= 11 is 0. The summed E-state index contributed by atoms with van der Waals surface area (Å²) in [6.07, 6.45) is 7.13. The number of nitrogens with zero attached hydrogens (tertiary/aromatic N) is 1. The van der Waals surface area contributed by atoms with E-state index in [9.17, 15) is 0 Å². The maximum absolute atomic E-state index is 3.93. The van der Waals surface area contributed by atoms with Crippen LogP contribution in [0.2, 0.25) is 0 Å². The van der Waals surface area contributed by atoms with E-state index in [1.54, 1.807) is 0 Å². The van der Waals surface area contributed by atoms with E-state index < -0.39 is 0 Å². The van der Waals surface area contributed by atoms with Crippen LogP contribution in [0.4, 0.5) is 0 Å². The van der Waals surface area contributed by atoms with Gasteiger partial charge in [0.15, 0.2) is 0 Å². The second kappa shape index (κ2) is 7.08. The normalized spacial score (nSPS) is 33.5. The van der Waals surface area contributed by atoms with Crippen LogP contribution < -0.4 is 5.32 Å². The van der Waals surface area contributed by atoms with E-state index in [-0.39, 0.29) is 0 Å². The van der Waals surface area contributed by atoms with Crippen LogP contribution in [0.25, 0.3) is 0 Å². The fourth-order valence-corrected chi connectivity index (χ4v) is 4.03. The third-order valence-electron chi connectivity index (χ3n) is 5.39. The number of likely N-dealkylation sites (tertiary alicyclic amines) is 1. The Morgan fingerprint density at radius 1 is 1.05 bits per heavy atom. The molecule has 112 valence electrons. The first-order valence-corrected chi connectivity index (χ1v) is 8.55. The molecule has 2 fully saturated rings. The standard InChI is InChI=1S/C17H34N2/c1-13(2)16-7-5-6-8-17(16)18-11-15-9-10-19(12-15)14(3)4/h13-18H,5-12H2,1-4H3. The zero-order valence-electron chi connectivity index (χ0n) is 13.5. The molecule has 0 spiro atoms. The van der Waals surface area contributed by atoms with Crippen molar-refractivity contribution in [1.82, 2.24) is 10.2 Å². The highest BCUT2D eigenvalue weighted by molar-refractivity contribution is 4.85. The van der Waals surface area contributed by atoms with Gasteiger partial charge >= 0.3 is 0 Å². The number of hydrogen-bond donors (Lipinski definition) is 1. The third-order valence-corrected chi connectivity index (χ3v) is 5.39. The molecule has 1 aliphatic heterocycles. The largest absolute Gasteiger partial charge is 0.313 e. The Kier molecular flexibility index (Phi) is 5.70. The van der Waals surface area contributed by atoms with Crippen LogP contribution in [-0.2, 0) is 0 Å². The minimum atomic E-state index is 0.725. The maximum atomic E-state index is 3.93. The fourth-order valence-electron chi connectivity index (χ4n) is 4.03. The average Bonchev–Trinajstić information content (AvgIpc) is 2.85. The quantitative estimate of drug-likeness (QED) is 0.819. The highest BCUT2D eigenvalue weighted by Gasteiger charge is 2.29. The van der Waals surface area contributed by atoms with Gasteiger partial charge in [-0.25, -0.2) is 0 Å². The molecule has 1 saturated carbocycles. The molecular weight excluding hydrogens is 232 g/mol. The zero-order chi connectivity index (χ0) is 13.8. The molecule has 2 aliphatic rings. The molecule has 1 N–H and O–H groups in total. The summed E-state index contributed by atoms with van der Waals surface area (Å²) in [4.78, 5) is 2.63. The van der Waals surface area contributed by atoms with Gasteiger partial charge in [-0.15, -0.1) is 0 Å². The molecule has 3 unspecified atom stereocenters. The molecular formula is C17H34N2. The lowest BCUT2D eigenvalue weighted by Crippen LogP contribution is -2.43. The van der Waals surface area contributed by atoms with Crippen LogP contribution >= 0.6 is 0 Å². The van der Waals surface area contributed by atoms with E-state index in [2.05, 4.69) is 37.9 Å². The van der Waals surface area contributed by atoms with Crippen LogP contribution in [0, 0.1) is 17.8 Å². The zero-order valence-corrected chi connectivity index (χ0v) is 13.5. The van der Waals surface area contributed by atoms with Crippen LogP contribution in [0.15, 0.2) is 0 Å². The van der Waals surface area contributed by atoms with Crippen molar-refractivity contribution in [2.45, 2.75) is 71.9 Å². The van der Waals surface area contributed by atoms with Crippen LogP contribution in [-0.4, -0.2) is 36.6 Å². The number of hydrogen-bond acceptors (Lipinski definition) is 2. The Balaban J connectivity index is 1.75. The van der Waals surface area contributed by atoms with E-state index in [4.69, 9.17) is 0 Å². The van der Waals surface area contributed by atoms with Gasteiger partial charge in [-0.2, -0.15) is 0 Å². The van der Waals surface area contributed by atoms with Crippen molar-refractivity contribution in [2.75, 3.05) is 19.6 Å². The van der Waals surface area contributed by atoms with Crippen molar-refractivity contribution in [3.8, 4) is 0 Å². The molecule has 2 rings (SSSR count). The van der Waals surface area contributed by atoms with Crippen molar-refractivity contribution in [1.29, 1.82) is 0 Å². The van der Waals surface area contributed by atoms with E-state index in [1.165, 1.54) is 51.7 Å². The molecule has 1 aliphatic carbocycles. The first-order valence-electron chi connectivity index (χ1n) is 8.55. The number of rotatable bonds is 5. The minimum absolute atomic E-state index is 0.725. The van der Waals surface area contributed by atoms with Gasteiger partial charge in [0, 0.05) is 18.6 Å². The lowest BCUT2D eigenvalue weighted by molar-refractivity contribution is 0.197. The summed E-state index contributed by atoms with van der Waals surface area (Å²) in [7, 11) is 0. The van der Waals surface area contributed by atoms with Crippen molar-refractivity contribution in [3.63, 3.8) is 0 Å². The average molecular weight is 266 g/mol. The van der Waals surface area contributed by atoms with E-state index in [0.29, 0.717) is 0 Å². The molecule has 0 aromatic carbocycles. The van der Waals surface area contributed by atoms with Gasteiger partial charge in [0.1, 0.15) is 0 Å². The smallest absolute Gasteiger partial charge is 0.00978 e. The van der Waals surface area contributed by atoms with Crippen LogP contribution in [0.3, 0.4) is 0 Å². The Labute approximate surface area is 120 Å². The second-order valence-electron chi connectivity index (χ2n) is 7.45. The third kappa shape index (κ3) is 4.19. The fraction of sp³-hybridized carbons (Fsp3) is 1.00. The highest BCUT2D eigenvalue weighted by atomic mass is 15.2. The molecule has 2 nitrogen and oxygen atoms in total. The first kappa shape index (κ1) is 15.3. The van der Waals surface area contributed by atoms with Crippen LogP contribution in [0.5, 0.6) is 0 Å². The topological polar surface area (TPSA) is 15.3 Å². The SMILES string of the molecule is CC(C)C1CCCCC1NCC1CCN(C(C)C)C1. The molecule has 1 heterocycles. The Morgan fingerprint density at radius 3 is 2.42 bits per heavy atom. The van der Waals surface area contributed by atoms with Gasteiger partial charge in [0.05, 0.1) is 0 Å². The molecule has 3 atom stereocenters. The Hall–Kier alpha value is -0.0800. The van der Waals surface area contributed by atoms with Crippen molar-refractivity contribution in [2.24, 2.45) is 17.8 Å². The molecule has 0 radical (unpaired) electrons. The van der Waals surface area contributed by atoms with Crippen molar-refractivity contribution in [3.05, 3.63) is 0 Å². The maximum Gasteiger partial charge on any atom is 0.00978 e. The van der Waals surface area contributed by atoms with Crippen molar-refractivity contribution >= 4 is 0 Å². The summed E-state index contributed by atoms with van der Waals surface area (Å²) < 4.78 is 0. The van der Waals surface area contributed by atoms with E-state index in [1.807, 2.05) is 0 Å². The van der Waals surface area contributed by atoms with Crippen molar-refractivity contribution < 1.29 is 0 Å². The van der Waals surface area contributed by atoms with Gasteiger partial charge < -0.3 is 10.2 Å². The lowest BCUT2D eigenvalue weighted by atomic mass is 9.77. The molecule has 2 heteroatoms. The summed E-state index contributed by atoms with van der Waals surface area (Å²) in [5, 5.41) is 3.93. The predicted octanol–water partition coefficient (Wildman–Crippen LogP) is 3.52. The molecule has 0 bridgehead atoms. The second-order valence-corrected chi connectivity index (χ2v) is 7.45. The van der Waals surface area contributed by atoms with Gasteiger partial charge in [-0.1, -0.05) is 26.7 Å². The Morgan fingerprint density at radius 2 is 1.79 bits per heavy atom. The lowest BCUT2D eigenvalue weighted by Gasteiger charge is -2.35. The summed E-state index contributed by atoms with van der Waals surface area (Å²) in [5.41, 5.74) is 0. The summed E-state index contributed by atoms with van der Waals surface area (Å²) in [6.45, 7) is 13.3. The monoisotopic (exact) mass is 266 g/mol. The molecule has 19 heavy (non-hydrogen) atoms. The highest BCUT2D eigenvalue weighted by Crippen LogP contribution is 2.30. The van der Waals surface area contributed by atoms with E-state index in [0.717, 1.165) is 29.8 Å². The molecule has 1 saturated heterocycles. The number of nitrogens with one attached hydrogen (secondary N) is 1. The van der Waals surface area contributed by atoms with Gasteiger partial charge in [0.2, 0.25) is 0 Å². The molecule has 0 amide bonds. The predicted molar refractivity (Wildman–Crippen MR) is 83.4 cm³/mol. The van der Waals surface area contributed by atoms with Gasteiger partial charge in [-0.05, 0) is 64.0 Å². The molecule has 0 aromatic rings. The van der Waals surface area contributed by atoms with Gasteiger partial charge in [-0.3, -0.25) is 0 Å². The van der Waals surface area contributed by atoms with Gasteiger partial charge in [0.25, 0.3) is 0 Å².